The first-order chi connectivity index (χ1) is 5.06. The third-order valence-electron chi connectivity index (χ3n) is 2.80. The average molecular weight is 157 g/mol. The molecule has 0 aromatic rings. The second kappa shape index (κ2) is 4.76. The Balaban J connectivity index is 4.01. The largest absolute Gasteiger partial charge is 0.319 e. The van der Waals surface area contributed by atoms with E-state index in [0.29, 0.717) is 5.41 Å². The van der Waals surface area contributed by atoms with Crippen molar-refractivity contribution in [1.82, 2.24) is 5.32 Å². The number of hydrogen-bond donors (Lipinski definition) is 1. The fourth-order valence-corrected chi connectivity index (χ4v) is 1.56. The quantitative estimate of drug-likeness (QED) is 0.647. The highest BCUT2D eigenvalue weighted by molar-refractivity contribution is 4.78. The van der Waals surface area contributed by atoms with Crippen molar-refractivity contribution >= 4 is 0 Å². The zero-order valence-corrected chi connectivity index (χ0v) is 8.70. The van der Waals surface area contributed by atoms with Gasteiger partial charge in [0.2, 0.25) is 0 Å². The number of rotatable bonds is 5. The Kier molecular flexibility index (Phi) is 4.74. The van der Waals surface area contributed by atoms with Crippen LogP contribution >= 0.6 is 0 Å². The van der Waals surface area contributed by atoms with Crippen LogP contribution in [0, 0.1) is 11.3 Å². The molecule has 0 aliphatic carbocycles. The van der Waals surface area contributed by atoms with E-state index in [9.17, 15) is 0 Å². The van der Waals surface area contributed by atoms with E-state index in [1.165, 1.54) is 12.8 Å². The maximum Gasteiger partial charge on any atom is 0.000460 e. The monoisotopic (exact) mass is 157 g/mol. The molecule has 0 saturated carbocycles. The summed E-state index contributed by atoms with van der Waals surface area (Å²) in [6.07, 6.45) is 2.61. The molecular formula is C10H23N. The first kappa shape index (κ1) is 11.0. The van der Waals surface area contributed by atoms with Gasteiger partial charge in [0.1, 0.15) is 0 Å². The lowest BCUT2D eigenvalue weighted by Gasteiger charge is -2.33. The zero-order valence-electron chi connectivity index (χ0n) is 8.70. The van der Waals surface area contributed by atoms with Gasteiger partial charge in [0.15, 0.2) is 0 Å². The van der Waals surface area contributed by atoms with Gasteiger partial charge in [-0.25, -0.2) is 0 Å². The topological polar surface area (TPSA) is 12.0 Å². The molecule has 1 heteroatoms. The molecule has 11 heavy (non-hydrogen) atoms. The van der Waals surface area contributed by atoms with Crippen LogP contribution in [-0.4, -0.2) is 13.6 Å². The molecule has 0 aromatic carbocycles. The molecule has 0 heterocycles. The van der Waals surface area contributed by atoms with Gasteiger partial charge in [0.05, 0.1) is 0 Å². The van der Waals surface area contributed by atoms with Crippen LogP contribution in [0.2, 0.25) is 0 Å². The lowest BCUT2D eigenvalue weighted by molar-refractivity contribution is 0.194. The fourth-order valence-electron chi connectivity index (χ4n) is 1.56. The highest BCUT2D eigenvalue weighted by Gasteiger charge is 2.25. The van der Waals surface area contributed by atoms with Gasteiger partial charge in [0, 0.05) is 6.54 Å². The predicted octanol–water partition coefficient (Wildman–Crippen LogP) is 2.67. The summed E-state index contributed by atoms with van der Waals surface area (Å²) in [6, 6.07) is 0. The zero-order chi connectivity index (χ0) is 8.91. The van der Waals surface area contributed by atoms with E-state index in [2.05, 4.69) is 33.0 Å². The molecule has 1 N–H and O–H groups in total. The summed E-state index contributed by atoms with van der Waals surface area (Å²) in [5.74, 6) is 0.773. The highest BCUT2D eigenvalue weighted by Crippen LogP contribution is 2.31. The van der Waals surface area contributed by atoms with Crippen molar-refractivity contribution in [3.63, 3.8) is 0 Å². The van der Waals surface area contributed by atoms with E-state index in [0.717, 1.165) is 12.5 Å². The maximum absolute atomic E-state index is 3.27. The highest BCUT2D eigenvalue weighted by atomic mass is 14.8. The molecule has 0 bridgehead atoms. The van der Waals surface area contributed by atoms with Crippen LogP contribution in [0.4, 0.5) is 0 Å². The molecular weight excluding hydrogens is 134 g/mol. The van der Waals surface area contributed by atoms with Crippen LogP contribution in [0.3, 0.4) is 0 Å². The van der Waals surface area contributed by atoms with Crippen LogP contribution in [-0.2, 0) is 0 Å². The summed E-state index contributed by atoms with van der Waals surface area (Å²) in [6.45, 7) is 10.4. The van der Waals surface area contributed by atoms with E-state index in [4.69, 9.17) is 0 Å². The molecule has 0 aliphatic heterocycles. The van der Waals surface area contributed by atoms with Crippen LogP contribution in [0.25, 0.3) is 0 Å². The van der Waals surface area contributed by atoms with Gasteiger partial charge in [0.25, 0.3) is 0 Å². The first-order valence-electron chi connectivity index (χ1n) is 4.71. The van der Waals surface area contributed by atoms with E-state index >= 15 is 0 Å². The number of hydrogen-bond acceptors (Lipinski definition) is 1. The summed E-state index contributed by atoms with van der Waals surface area (Å²) >= 11 is 0. The second-order valence-electron chi connectivity index (χ2n) is 4.09. The third kappa shape index (κ3) is 3.24. The fraction of sp³-hybridized carbons (Fsp3) is 1.00. The molecule has 0 spiro atoms. The van der Waals surface area contributed by atoms with Crippen molar-refractivity contribution in [2.75, 3.05) is 13.6 Å². The minimum absolute atomic E-state index is 0.490. The summed E-state index contributed by atoms with van der Waals surface area (Å²) in [5.41, 5.74) is 0.490. The second-order valence-corrected chi connectivity index (χ2v) is 4.09. The van der Waals surface area contributed by atoms with Crippen LogP contribution in [0.5, 0.6) is 0 Å². The van der Waals surface area contributed by atoms with Crippen LogP contribution in [0.1, 0.15) is 40.5 Å². The lowest BCUT2D eigenvalue weighted by Crippen LogP contribution is -2.34. The molecule has 0 radical (unpaired) electrons. The number of nitrogens with one attached hydrogen (secondary N) is 1. The van der Waals surface area contributed by atoms with Crippen molar-refractivity contribution in [2.45, 2.75) is 40.5 Å². The van der Waals surface area contributed by atoms with E-state index in [1.807, 2.05) is 7.05 Å². The van der Waals surface area contributed by atoms with E-state index in [-0.39, 0.29) is 0 Å². The molecule has 1 nitrogen and oxygen atoms in total. The van der Waals surface area contributed by atoms with Gasteiger partial charge in [-0.05, 0) is 24.8 Å². The summed E-state index contributed by atoms with van der Waals surface area (Å²) in [5, 5.41) is 3.27. The minimum Gasteiger partial charge on any atom is -0.319 e. The molecule has 0 aromatic heterocycles. The Hall–Kier alpha value is -0.0400. The lowest BCUT2D eigenvalue weighted by atomic mass is 9.75. The first-order valence-corrected chi connectivity index (χ1v) is 4.71. The van der Waals surface area contributed by atoms with Crippen LogP contribution in [0.15, 0.2) is 0 Å². The normalized spacial score (nSPS) is 16.9. The van der Waals surface area contributed by atoms with Gasteiger partial charge in [-0.15, -0.1) is 0 Å². The van der Waals surface area contributed by atoms with Crippen molar-refractivity contribution in [1.29, 1.82) is 0 Å². The average Bonchev–Trinajstić information content (AvgIpc) is 1.88. The molecule has 0 fully saturated rings. The van der Waals surface area contributed by atoms with Gasteiger partial charge in [-0.1, -0.05) is 34.1 Å². The van der Waals surface area contributed by atoms with Crippen molar-refractivity contribution in [3.05, 3.63) is 0 Å². The standard InChI is InChI=1S/C10H23N/c1-6-7-10(4,8-11-5)9(2)3/h9,11H,6-8H2,1-5H3. The van der Waals surface area contributed by atoms with E-state index in [1.54, 1.807) is 0 Å². The predicted molar refractivity (Wildman–Crippen MR) is 51.8 cm³/mol. The third-order valence-corrected chi connectivity index (χ3v) is 2.80. The van der Waals surface area contributed by atoms with E-state index < -0.39 is 0 Å². The van der Waals surface area contributed by atoms with Crippen molar-refractivity contribution < 1.29 is 0 Å². The van der Waals surface area contributed by atoms with Crippen LogP contribution < -0.4 is 5.32 Å². The van der Waals surface area contributed by atoms with Gasteiger partial charge < -0.3 is 5.32 Å². The maximum atomic E-state index is 3.27. The van der Waals surface area contributed by atoms with Gasteiger partial charge in [-0.3, -0.25) is 0 Å². The molecule has 0 rings (SSSR count). The molecule has 0 amide bonds. The summed E-state index contributed by atoms with van der Waals surface area (Å²) in [4.78, 5) is 0. The molecule has 0 aliphatic rings. The van der Waals surface area contributed by atoms with Gasteiger partial charge in [-0.2, -0.15) is 0 Å². The summed E-state index contributed by atoms with van der Waals surface area (Å²) in [7, 11) is 2.04. The smallest absolute Gasteiger partial charge is 0.000460 e. The SMILES string of the molecule is CCCC(C)(CNC)C(C)C. The van der Waals surface area contributed by atoms with Crippen molar-refractivity contribution in [3.8, 4) is 0 Å². The van der Waals surface area contributed by atoms with Gasteiger partial charge >= 0.3 is 0 Å². The molecule has 1 atom stereocenters. The molecule has 0 saturated heterocycles. The summed E-state index contributed by atoms with van der Waals surface area (Å²) < 4.78 is 0. The Labute approximate surface area is 71.6 Å². The Bertz CT molecular complexity index is 91.0. The Morgan fingerprint density at radius 3 is 2.18 bits per heavy atom. The Morgan fingerprint density at radius 1 is 1.36 bits per heavy atom. The molecule has 1 unspecified atom stereocenters. The molecule has 68 valence electrons. The Morgan fingerprint density at radius 2 is 1.91 bits per heavy atom. The minimum atomic E-state index is 0.490. The van der Waals surface area contributed by atoms with Crippen molar-refractivity contribution in [2.24, 2.45) is 11.3 Å².